The quantitative estimate of drug-likeness (QED) is 0.856. The minimum absolute atomic E-state index is 0.290. The second kappa shape index (κ2) is 6.00. The van der Waals surface area contributed by atoms with Gasteiger partial charge in [0.1, 0.15) is 0 Å². The Balaban J connectivity index is 2.26. The summed E-state index contributed by atoms with van der Waals surface area (Å²) < 4.78 is 39.4. The van der Waals surface area contributed by atoms with E-state index >= 15 is 0 Å². The van der Waals surface area contributed by atoms with E-state index in [1.165, 1.54) is 16.8 Å². The van der Waals surface area contributed by atoms with Gasteiger partial charge in [0.25, 0.3) is 0 Å². The van der Waals surface area contributed by atoms with Gasteiger partial charge in [-0.25, -0.2) is 0 Å². The Hall–Kier alpha value is -1.96. The number of tetrazole rings is 1. The Morgan fingerprint density at radius 1 is 1.30 bits per heavy atom. The number of hydrogen-bond acceptors (Lipinski definition) is 4. The fourth-order valence-electron chi connectivity index (χ4n) is 1.71. The molecular weight excluding hydrogens is 271 g/mol. The van der Waals surface area contributed by atoms with E-state index in [4.69, 9.17) is 0 Å². The standard InChI is InChI=1S/C12H14F3N5/c1-2-6-16-8-11-17-18-19-20(11)10-5-3-4-9(7-10)12(13,14)15/h3-5,7,16H,2,6,8H2,1H3. The van der Waals surface area contributed by atoms with Crippen molar-refractivity contribution in [3.63, 3.8) is 0 Å². The normalized spacial score (nSPS) is 11.8. The molecule has 0 spiro atoms. The van der Waals surface area contributed by atoms with E-state index in [1.807, 2.05) is 6.92 Å². The number of benzene rings is 1. The highest BCUT2D eigenvalue weighted by Crippen LogP contribution is 2.30. The van der Waals surface area contributed by atoms with Crippen LogP contribution in [0.4, 0.5) is 13.2 Å². The molecule has 0 bridgehead atoms. The fraction of sp³-hybridized carbons (Fsp3) is 0.417. The third-order valence-corrected chi connectivity index (χ3v) is 2.66. The van der Waals surface area contributed by atoms with Crippen molar-refractivity contribution in [3.05, 3.63) is 35.7 Å². The van der Waals surface area contributed by atoms with Crippen LogP contribution < -0.4 is 5.32 Å². The minimum Gasteiger partial charge on any atom is -0.310 e. The number of nitrogens with one attached hydrogen (secondary N) is 1. The molecule has 2 aromatic rings. The summed E-state index contributed by atoms with van der Waals surface area (Å²) in [5.74, 6) is 0.470. The molecule has 1 N–H and O–H groups in total. The largest absolute Gasteiger partial charge is 0.416 e. The summed E-state index contributed by atoms with van der Waals surface area (Å²) in [5, 5.41) is 14.2. The van der Waals surface area contributed by atoms with Crippen molar-refractivity contribution in [2.75, 3.05) is 6.54 Å². The summed E-state index contributed by atoms with van der Waals surface area (Å²) in [5.41, 5.74) is -0.434. The first kappa shape index (κ1) is 14.4. The maximum absolute atomic E-state index is 12.7. The van der Waals surface area contributed by atoms with Crippen molar-refractivity contribution in [2.45, 2.75) is 26.1 Å². The summed E-state index contributed by atoms with van der Waals surface area (Å²) in [6.45, 7) is 3.20. The number of aromatic nitrogens is 4. The summed E-state index contributed by atoms with van der Waals surface area (Å²) in [4.78, 5) is 0. The van der Waals surface area contributed by atoms with Crippen LogP contribution in [-0.2, 0) is 12.7 Å². The molecule has 8 heteroatoms. The molecule has 20 heavy (non-hydrogen) atoms. The Labute approximate surface area is 113 Å². The molecule has 0 amide bonds. The molecule has 108 valence electrons. The number of hydrogen-bond donors (Lipinski definition) is 1. The molecule has 0 unspecified atom stereocenters. The smallest absolute Gasteiger partial charge is 0.310 e. The van der Waals surface area contributed by atoms with Gasteiger partial charge in [0, 0.05) is 0 Å². The van der Waals surface area contributed by atoms with Crippen molar-refractivity contribution in [1.29, 1.82) is 0 Å². The van der Waals surface area contributed by atoms with Crippen LogP contribution in [0.1, 0.15) is 24.7 Å². The zero-order valence-electron chi connectivity index (χ0n) is 10.9. The van der Waals surface area contributed by atoms with Gasteiger partial charge < -0.3 is 5.32 Å². The van der Waals surface area contributed by atoms with E-state index in [0.29, 0.717) is 12.4 Å². The lowest BCUT2D eigenvalue weighted by atomic mass is 10.2. The monoisotopic (exact) mass is 285 g/mol. The molecule has 0 saturated heterocycles. The van der Waals surface area contributed by atoms with Crippen molar-refractivity contribution < 1.29 is 13.2 Å². The van der Waals surface area contributed by atoms with Gasteiger partial charge in [-0.2, -0.15) is 17.9 Å². The minimum atomic E-state index is -4.38. The van der Waals surface area contributed by atoms with E-state index in [0.717, 1.165) is 25.1 Å². The van der Waals surface area contributed by atoms with Crippen LogP contribution in [0.3, 0.4) is 0 Å². The van der Waals surface area contributed by atoms with Crippen molar-refractivity contribution in [2.24, 2.45) is 0 Å². The first-order chi connectivity index (χ1) is 9.52. The second-order valence-electron chi connectivity index (χ2n) is 4.23. The number of halogens is 3. The van der Waals surface area contributed by atoms with Crippen LogP contribution in [0, 0.1) is 0 Å². The van der Waals surface area contributed by atoms with Gasteiger partial charge in [0.15, 0.2) is 5.82 Å². The van der Waals surface area contributed by atoms with Gasteiger partial charge in [0.2, 0.25) is 0 Å². The third-order valence-electron chi connectivity index (χ3n) is 2.66. The fourth-order valence-corrected chi connectivity index (χ4v) is 1.71. The van der Waals surface area contributed by atoms with E-state index < -0.39 is 11.7 Å². The molecule has 2 rings (SSSR count). The number of nitrogens with zero attached hydrogens (tertiary/aromatic N) is 4. The Kier molecular flexibility index (Phi) is 4.33. The first-order valence-electron chi connectivity index (χ1n) is 6.18. The molecule has 0 aliphatic carbocycles. The summed E-state index contributed by atoms with van der Waals surface area (Å²) >= 11 is 0. The van der Waals surface area contributed by atoms with Crippen LogP contribution in [0.5, 0.6) is 0 Å². The lowest BCUT2D eigenvalue weighted by molar-refractivity contribution is -0.137. The molecule has 0 aliphatic rings. The van der Waals surface area contributed by atoms with E-state index in [9.17, 15) is 13.2 Å². The molecule has 5 nitrogen and oxygen atoms in total. The Morgan fingerprint density at radius 2 is 2.10 bits per heavy atom. The average molecular weight is 285 g/mol. The van der Waals surface area contributed by atoms with Gasteiger partial charge in [-0.05, 0) is 41.6 Å². The molecule has 1 aromatic heterocycles. The third kappa shape index (κ3) is 3.32. The predicted molar refractivity (Wildman–Crippen MR) is 66.2 cm³/mol. The zero-order chi connectivity index (χ0) is 14.6. The molecule has 1 heterocycles. The van der Waals surface area contributed by atoms with Gasteiger partial charge in [-0.15, -0.1) is 5.10 Å². The van der Waals surface area contributed by atoms with Crippen LogP contribution in [0.2, 0.25) is 0 Å². The first-order valence-corrected chi connectivity index (χ1v) is 6.18. The maximum Gasteiger partial charge on any atom is 0.416 e. The van der Waals surface area contributed by atoms with Gasteiger partial charge >= 0.3 is 6.18 Å². The van der Waals surface area contributed by atoms with E-state index in [-0.39, 0.29) is 5.69 Å². The Morgan fingerprint density at radius 3 is 2.80 bits per heavy atom. The number of rotatable bonds is 5. The summed E-state index contributed by atoms with van der Waals surface area (Å²) in [6, 6.07) is 4.92. The van der Waals surface area contributed by atoms with Crippen LogP contribution in [0.25, 0.3) is 5.69 Å². The molecule has 1 aromatic carbocycles. The predicted octanol–water partition coefficient (Wildman–Crippen LogP) is 2.18. The lowest BCUT2D eigenvalue weighted by Crippen LogP contribution is -2.18. The SMILES string of the molecule is CCCNCc1nnnn1-c1cccc(C(F)(F)F)c1. The molecular formula is C12H14F3N5. The van der Waals surface area contributed by atoms with Crippen LogP contribution in [0.15, 0.2) is 24.3 Å². The molecule has 0 aliphatic heterocycles. The topological polar surface area (TPSA) is 55.6 Å². The summed E-state index contributed by atoms with van der Waals surface area (Å²) in [6.07, 6.45) is -3.43. The van der Waals surface area contributed by atoms with Gasteiger partial charge in [-0.3, -0.25) is 0 Å². The van der Waals surface area contributed by atoms with Crippen molar-refractivity contribution >= 4 is 0 Å². The maximum atomic E-state index is 12.7. The molecule has 0 atom stereocenters. The molecule has 0 fully saturated rings. The molecule has 0 saturated carbocycles. The van der Waals surface area contributed by atoms with Crippen LogP contribution in [-0.4, -0.2) is 26.8 Å². The van der Waals surface area contributed by atoms with Crippen molar-refractivity contribution in [3.8, 4) is 5.69 Å². The van der Waals surface area contributed by atoms with Gasteiger partial charge in [0.05, 0.1) is 17.8 Å². The zero-order valence-corrected chi connectivity index (χ0v) is 10.9. The van der Waals surface area contributed by atoms with Crippen LogP contribution >= 0.6 is 0 Å². The lowest BCUT2D eigenvalue weighted by Gasteiger charge is -2.09. The highest BCUT2D eigenvalue weighted by Gasteiger charge is 2.30. The van der Waals surface area contributed by atoms with Crippen molar-refractivity contribution in [1.82, 2.24) is 25.5 Å². The van der Waals surface area contributed by atoms with E-state index in [2.05, 4.69) is 20.8 Å². The highest BCUT2D eigenvalue weighted by atomic mass is 19.4. The Bertz CT molecular complexity index is 564. The van der Waals surface area contributed by atoms with Gasteiger partial charge in [-0.1, -0.05) is 13.0 Å². The average Bonchev–Trinajstić information content (AvgIpc) is 2.87. The highest BCUT2D eigenvalue weighted by molar-refractivity contribution is 5.36. The molecule has 0 radical (unpaired) electrons. The van der Waals surface area contributed by atoms with E-state index in [1.54, 1.807) is 0 Å². The number of alkyl halides is 3. The summed E-state index contributed by atoms with van der Waals surface area (Å²) in [7, 11) is 0. The second-order valence-corrected chi connectivity index (χ2v) is 4.23.